The van der Waals surface area contributed by atoms with Crippen molar-refractivity contribution in [2.75, 3.05) is 11.1 Å². The van der Waals surface area contributed by atoms with Gasteiger partial charge in [-0.15, -0.1) is 16.8 Å². The Morgan fingerprint density at radius 3 is 2.88 bits per heavy atom. The number of hydrogen-bond donors (Lipinski definition) is 1. The second-order valence-corrected chi connectivity index (χ2v) is 7.47. The summed E-state index contributed by atoms with van der Waals surface area (Å²) >= 11 is 2.88. The molecule has 1 unspecified atom stereocenters. The normalized spacial score (nSPS) is 11.8. The van der Waals surface area contributed by atoms with Crippen LogP contribution in [0.15, 0.2) is 35.2 Å². The quantitative estimate of drug-likeness (QED) is 0.432. The molecular formula is C17H21N3O2S2. The molecule has 24 heavy (non-hydrogen) atoms. The zero-order valence-corrected chi connectivity index (χ0v) is 15.7. The first-order valence-corrected chi connectivity index (χ1v) is 9.45. The molecule has 2 rings (SSSR count). The minimum Gasteiger partial charge on any atom is -0.481 e. The lowest BCUT2D eigenvalue weighted by atomic mass is 10.1. The molecule has 0 aliphatic rings. The lowest BCUT2D eigenvalue weighted by Crippen LogP contribution is -2.32. The van der Waals surface area contributed by atoms with Crippen LogP contribution in [-0.4, -0.2) is 28.0 Å². The van der Waals surface area contributed by atoms with Crippen molar-refractivity contribution in [3.8, 4) is 5.75 Å². The number of aromatic nitrogens is 2. The molecule has 1 atom stereocenters. The van der Waals surface area contributed by atoms with E-state index in [0.29, 0.717) is 17.3 Å². The third-order valence-corrected chi connectivity index (χ3v) is 5.35. The lowest BCUT2D eigenvalue weighted by Gasteiger charge is -2.17. The number of nitrogens with zero attached hydrogens (tertiary/aromatic N) is 2. The Morgan fingerprint density at radius 1 is 1.42 bits per heavy atom. The Hall–Kier alpha value is -1.86. The van der Waals surface area contributed by atoms with Gasteiger partial charge in [0.05, 0.1) is 0 Å². The molecule has 0 aliphatic carbocycles. The lowest BCUT2D eigenvalue weighted by molar-refractivity contribution is -0.122. The fourth-order valence-corrected chi connectivity index (χ4v) is 3.42. The summed E-state index contributed by atoms with van der Waals surface area (Å²) in [5.74, 6) is 1.24. The van der Waals surface area contributed by atoms with Crippen LogP contribution in [0.5, 0.6) is 5.75 Å². The van der Waals surface area contributed by atoms with E-state index in [1.165, 1.54) is 28.7 Å². The molecular weight excluding hydrogens is 342 g/mol. The molecule has 1 aromatic carbocycles. The summed E-state index contributed by atoms with van der Waals surface area (Å²) in [7, 11) is 0. The van der Waals surface area contributed by atoms with Gasteiger partial charge in [0.2, 0.25) is 5.13 Å². The van der Waals surface area contributed by atoms with E-state index in [1.54, 1.807) is 6.08 Å². The number of amides is 1. The number of benzene rings is 1. The van der Waals surface area contributed by atoms with E-state index < -0.39 is 6.10 Å². The van der Waals surface area contributed by atoms with Crippen molar-refractivity contribution >= 4 is 34.1 Å². The van der Waals surface area contributed by atoms with Crippen LogP contribution >= 0.6 is 23.1 Å². The minimum absolute atomic E-state index is 0.216. The average Bonchev–Trinajstić information content (AvgIpc) is 3.01. The maximum Gasteiger partial charge on any atom is 0.267 e. The number of aryl methyl sites for hydroxylation is 2. The highest BCUT2D eigenvalue weighted by Gasteiger charge is 2.20. The minimum atomic E-state index is -0.569. The van der Waals surface area contributed by atoms with Gasteiger partial charge >= 0.3 is 0 Å². The molecule has 2 aromatic rings. The summed E-state index contributed by atoms with van der Waals surface area (Å²) in [5.41, 5.74) is 2.33. The van der Waals surface area contributed by atoms with Crippen LogP contribution in [0.3, 0.4) is 0 Å². The Morgan fingerprint density at radius 2 is 2.21 bits per heavy atom. The van der Waals surface area contributed by atoms with Crippen molar-refractivity contribution in [2.24, 2.45) is 0 Å². The predicted molar refractivity (Wildman–Crippen MR) is 100 cm³/mol. The number of carbonyl (C=O) groups is 1. The number of rotatable bonds is 8. The Balaban J connectivity index is 1.99. The van der Waals surface area contributed by atoms with Crippen LogP contribution < -0.4 is 10.1 Å². The van der Waals surface area contributed by atoms with Crippen LogP contribution in [0.1, 0.15) is 24.5 Å². The summed E-state index contributed by atoms with van der Waals surface area (Å²) in [5, 5.41) is 11.3. The third-order valence-electron chi connectivity index (χ3n) is 3.38. The monoisotopic (exact) mass is 363 g/mol. The topological polar surface area (TPSA) is 64.1 Å². The average molecular weight is 364 g/mol. The highest BCUT2D eigenvalue weighted by Crippen LogP contribution is 2.26. The van der Waals surface area contributed by atoms with Crippen LogP contribution in [0.4, 0.5) is 5.13 Å². The molecule has 7 heteroatoms. The summed E-state index contributed by atoms with van der Waals surface area (Å²) in [6.07, 6.45) is 1.80. The second kappa shape index (κ2) is 8.84. The Bertz CT molecular complexity index is 716. The van der Waals surface area contributed by atoms with Crippen LogP contribution in [0.2, 0.25) is 0 Å². The van der Waals surface area contributed by atoms with E-state index in [4.69, 9.17) is 4.74 Å². The standard InChI is InChI=1S/C17H21N3O2S2/c1-5-9-23-17-20-19-16(24-17)18-15(21)14(6-2)22-13-8-7-11(3)12(4)10-13/h5,7-8,10,14H,1,6,9H2,2-4H3,(H,18,19,21). The van der Waals surface area contributed by atoms with Crippen molar-refractivity contribution in [3.63, 3.8) is 0 Å². The molecule has 0 spiro atoms. The number of hydrogen-bond acceptors (Lipinski definition) is 6. The number of thioether (sulfide) groups is 1. The molecule has 1 N–H and O–H groups in total. The molecule has 1 amide bonds. The SMILES string of the molecule is C=CCSc1nnc(NC(=O)C(CC)Oc2ccc(C)c(C)c2)s1. The predicted octanol–water partition coefficient (Wildman–Crippen LogP) is 4.23. The van der Waals surface area contributed by atoms with E-state index in [0.717, 1.165) is 15.7 Å². The van der Waals surface area contributed by atoms with Gasteiger partial charge in [-0.3, -0.25) is 10.1 Å². The van der Waals surface area contributed by atoms with Gasteiger partial charge in [0.25, 0.3) is 5.91 Å². The van der Waals surface area contributed by atoms with E-state index in [1.807, 2.05) is 39.0 Å². The van der Waals surface area contributed by atoms with Gasteiger partial charge in [0.15, 0.2) is 10.4 Å². The summed E-state index contributed by atoms with van der Waals surface area (Å²) in [6, 6.07) is 5.82. The van der Waals surface area contributed by atoms with E-state index in [-0.39, 0.29) is 5.91 Å². The highest BCUT2D eigenvalue weighted by atomic mass is 32.2. The maximum absolute atomic E-state index is 12.4. The maximum atomic E-state index is 12.4. The van der Waals surface area contributed by atoms with E-state index in [2.05, 4.69) is 22.1 Å². The molecule has 5 nitrogen and oxygen atoms in total. The molecule has 0 radical (unpaired) electrons. The van der Waals surface area contributed by atoms with Gasteiger partial charge in [-0.25, -0.2) is 0 Å². The Kier molecular flexibility index (Phi) is 6.81. The van der Waals surface area contributed by atoms with Crippen molar-refractivity contribution < 1.29 is 9.53 Å². The molecule has 0 bridgehead atoms. The first kappa shape index (κ1) is 18.5. The summed E-state index contributed by atoms with van der Waals surface area (Å²) < 4.78 is 6.63. The highest BCUT2D eigenvalue weighted by molar-refractivity contribution is 8.01. The first-order valence-electron chi connectivity index (χ1n) is 7.65. The zero-order valence-electron chi connectivity index (χ0n) is 14.0. The molecule has 0 saturated heterocycles. The smallest absolute Gasteiger partial charge is 0.267 e. The molecule has 1 aromatic heterocycles. The summed E-state index contributed by atoms with van der Waals surface area (Å²) in [4.78, 5) is 12.4. The van der Waals surface area contributed by atoms with Crippen LogP contribution in [-0.2, 0) is 4.79 Å². The molecule has 128 valence electrons. The van der Waals surface area contributed by atoms with Gasteiger partial charge in [-0.05, 0) is 43.5 Å². The molecule has 0 aliphatic heterocycles. The second-order valence-electron chi connectivity index (χ2n) is 5.22. The Labute approximate surface area is 150 Å². The number of nitrogens with one attached hydrogen (secondary N) is 1. The zero-order chi connectivity index (χ0) is 17.5. The van der Waals surface area contributed by atoms with Gasteiger partial charge in [-0.1, -0.05) is 42.2 Å². The number of anilines is 1. The largest absolute Gasteiger partial charge is 0.481 e. The summed E-state index contributed by atoms with van der Waals surface area (Å²) in [6.45, 7) is 9.64. The van der Waals surface area contributed by atoms with E-state index in [9.17, 15) is 4.79 Å². The number of ether oxygens (including phenoxy) is 1. The van der Waals surface area contributed by atoms with Crippen molar-refractivity contribution in [1.82, 2.24) is 10.2 Å². The van der Waals surface area contributed by atoms with Crippen molar-refractivity contribution in [1.29, 1.82) is 0 Å². The van der Waals surface area contributed by atoms with Crippen LogP contribution in [0, 0.1) is 13.8 Å². The van der Waals surface area contributed by atoms with Crippen LogP contribution in [0.25, 0.3) is 0 Å². The fraction of sp³-hybridized carbons (Fsp3) is 0.353. The number of carbonyl (C=O) groups excluding carboxylic acids is 1. The van der Waals surface area contributed by atoms with Gasteiger partial charge in [-0.2, -0.15) is 0 Å². The first-order chi connectivity index (χ1) is 11.5. The van der Waals surface area contributed by atoms with Crippen molar-refractivity contribution in [3.05, 3.63) is 42.0 Å². The molecule has 1 heterocycles. The van der Waals surface area contributed by atoms with Gasteiger partial charge in [0.1, 0.15) is 5.75 Å². The molecule has 0 saturated carbocycles. The fourth-order valence-electron chi connectivity index (χ4n) is 1.91. The van der Waals surface area contributed by atoms with Crippen molar-refractivity contribution in [2.45, 2.75) is 37.6 Å². The van der Waals surface area contributed by atoms with Gasteiger partial charge < -0.3 is 4.74 Å². The third kappa shape index (κ3) is 5.07. The van der Waals surface area contributed by atoms with E-state index >= 15 is 0 Å². The van der Waals surface area contributed by atoms with Gasteiger partial charge in [0, 0.05) is 5.75 Å². The molecule has 0 fully saturated rings.